The van der Waals surface area contributed by atoms with Crippen molar-refractivity contribution in [2.45, 2.75) is 51.6 Å². The van der Waals surface area contributed by atoms with Gasteiger partial charge in [-0.1, -0.05) is 26.0 Å². The number of ether oxygens (including phenoxy) is 1. The minimum atomic E-state index is -3.85. The summed E-state index contributed by atoms with van der Waals surface area (Å²) in [6, 6.07) is 11.1. The molecule has 2 amide bonds. The van der Waals surface area contributed by atoms with Crippen molar-refractivity contribution < 1.29 is 22.7 Å². The maximum absolute atomic E-state index is 12.7. The van der Waals surface area contributed by atoms with Crippen molar-refractivity contribution in [3.63, 3.8) is 0 Å². The Kier molecular flexibility index (Phi) is 8.80. The van der Waals surface area contributed by atoms with E-state index in [1.54, 1.807) is 32.0 Å². The van der Waals surface area contributed by atoms with Crippen molar-refractivity contribution in [3.05, 3.63) is 53.6 Å². The Morgan fingerprint density at radius 1 is 1.03 bits per heavy atom. The molecule has 0 saturated heterocycles. The first-order valence-corrected chi connectivity index (χ1v) is 11.9. The van der Waals surface area contributed by atoms with E-state index in [-0.39, 0.29) is 40.6 Å². The highest BCUT2D eigenvalue weighted by Gasteiger charge is 2.22. The summed E-state index contributed by atoms with van der Waals surface area (Å²) >= 11 is 0. The number of hydrogen-bond donors (Lipinski definition) is 3. The van der Waals surface area contributed by atoms with E-state index in [9.17, 15) is 18.0 Å². The third-order valence-electron chi connectivity index (χ3n) is 4.36. The van der Waals surface area contributed by atoms with Gasteiger partial charge in [0.15, 0.2) is 0 Å². The van der Waals surface area contributed by atoms with Gasteiger partial charge in [-0.15, -0.1) is 0 Å². The summed E-state index contributed by atoms with van der Waals surface area (Å²) in [6.45, 7) is 7.57. The summed E-state index contributed by atoms with van der Waals surface area (Å²) < 4.78 is 32.9. The van der Waals surface area contributed by atoms with Crippen molar-refractivity contribution in [1.29, 1.82) is 0 Å². The molecule has 0 aliphatic rings. The highest BCUT2D eigenvalue weighted by molar-refractivity contribution is 7.89. The first kappa shape index (κ1) is 25.4. The van der Waals surface area contributed by atoms with E-state index < -0.39 is 15.9 Å². The van der Waals surface area contributed by atoms with Crippen LogP contribution in [0.3, 0.4) is 0 Å². The van der Waals surface area contributed by atoms with Crippen LogP contribution in [0.15, 0.2) is 47.4 Å². The van der Waals surface area contributed by atoms with Gasteiger partial charge in [0.2, 0.25) is 15.9 Å². The molecule has 0 atom stereocenters. The standard InChI is InChI=1S/C23H31N3O5S/c1-15(2)11-22(27)25-19-8-6-7-17(12-19)14-24-23(28)18-9-10-20(31-5)21(13-18)32(29,30)26-16(3)4/h6-10,12-13,15-16,26H,11,14H2,1-5H3,(H,24,28)(H,25,27). The van der Waals surface area contributed by atoms with Gasteiger partial charge in [-0.3, -0.25) is 9.59 Å². The minimum Gasteiger partial charge on any atom is -0.495 e. The summed E-state index contributed by atoms with van der Waals surface area (Å²) in [5.74, 6) is -0.0861. The molecule has 2 aromatic rings. The van der Waals surface area contributed by atoms with E-state index in [2.05, 4.69) is 15.4 Å². The Morgan fingerprint density at radius 3 is 2.38 bits per heavy atom. The zero-order valence-electron chi connectivity index (χ0n) is 19.1. The summed E-state index contributed by atoms with van der Waals surface area (Å²) in [5, 5.41) is 5.62. The van der Waals surface area contributed by atoms with Crippen LogP contribution in [0.5, 0.6) is 5.75 Å². The van der Waals surface area contributed by atoms with E-state index in [0.29, 0.717) is 12.1 Å². The highest BCUT2D eigenvalue weighted by atomic mass is 32.2. The van der Waals surface area contributed by atoms with E-state index in [1.807, 2.05) is 19.9 Å². The Labute approximate surface area is 189 Å². The minimum absolute atomic E-state index is 0.0665. The van der Waals surface area contributed by atoms with Crippen LogP contribution in [0.2, 0.25) is 0 Å². The number of carbonyl (C=O) groups is 2. The molecule has 0 aliphatic carbocycles. The summed E-state index contributed by atoms with van der Waals surface area (Å²) in [6.07, 6.45) is 0.426. The van der Waals surface area contributed by atoms with Gasteiger partial charge < -0.3 is 15.4 Å². The second kappa shape index (κ2) is 11.1. The Balaban J connectivity index is 2.13. The Hall–Kier alpha value is -2.91. The van der Waals surface area contributed by atoms with Gasteiger partial charge in [0, 0.05) is 30.3 Å². The van der Waals surface area contributed by atoms with E-state index in [0.717, 1.165) is 5.56 Å². The van der Waals surface area contributed by atoms with Gasteiger partial charge >= 0.3 is 0 Å². The van der Waals surface area contributed by atoms with Crippen LogP contribution in [0, 0.1) is 5.92 Å². The molecule has 0 bridgehead atoms. The van der Waals surface area contributed by atoms with Gasteiger partial charge in [-0.05, 0) is 55.7 Å². The number of benzene rings is 2. The lowest BCUT2D eigenvalue weighted by Crippen LogP contribution is -2.31. The first-order valence-electron chi connectivity index (χ1n) is 10.4. The lowest BCUT2D eigenvalue weighted by atomic mass is 10.1. The van der Waals surface area contributed by atoms with Crippen LogP contribution in [0.4, 0.5) is 5.69 Å². The molecule has 0 aromatic heterocycles. The van der Waals surface area contributed by atoms with Crippen LogP contribution >= 0.6 is 0 Å². The predicted octanol–water partition coefficient (Wildman–Crippen LogP) is 3.30. The summed E-state index contributed by atoms with van der Waals surface area (Å²) in [7, 11) is -2.48. The van der Waals surface area contributed by atoms with Gasteiger partial charge in [0.25, 0.3) is 5.91 Å². The second-order valence-electron chi connectivity index (χ2n) is 8.17. The highest BCUT2D eigenvalue weighted by Crippen LogP contribution is 2.25. The molecular weight excluding hydrogens is 430 g/mol. The number of anilines is 1. The molecule has 2 aromatic carbocycles. The smallest absolute Gasteiger partial charge is 0.251 e. The van der Waals surface area contributed by atoms with Crippen LogP contribution < -0.4 is 20.1 Å². The molecule has 0 aliphatic heterocycles. The van der Waals surface area contributed by atoms with Gasteiger partial charge in [0.1, 0.15) is 10.6 Å². The third kappa shape index (κ3) is 7.35. The van der Waals surface area contributed by atoms with Crippen molar-refractivity contribution in [1.82, 2.24) is 10.0 Å². The van der Waals surface area contributed by atoms with Crippen LogP contribution in [-0.2, 0) is 21.4 Å². The molecule has 0 fully saturated rings. The van der Waals surface area contributed by atoms with Gasteiger partial charge in [0.05, 0.1) is 7.11 Å². The van der Waals surface area contributed by atoms with Crippen molar-refractivity contribution >= 4 is 27.5 Å². The SMILES string of the molecule is COc1ccc(C(=O)NCc2cccc(NC(=O)CC(C)C)c2)cc1S(=O)(=O)NC(C)C. The molecule has 174 valence electrons. The maximum atomic E-state index is 12.7. The van der Waals surface area contributed by atoms with E-state index >= 15 is 0 Å². The molecule has 3 N–H and O–H groups in total. The molecule has 0 unspecified atom stereocenters. The first-order chi connectivity index (χ1) is 15.0. The molecule has 0 heterocycles. The second-order valence-corrected chi connectivity index (χ2v) is 9.85. The molecular formula is C23H31N3O5S. The van der Waals surface area contributed by atoms with Crippen molar-refractivity contribution in [2.24, 2.45) is 5.92 Å². The van der Waals surface area contributed by atoms with Gasteiger partial charge in [-0.2, -0.15) is 0 Å². The number of carbonyl (C=O) groups excluding carboxylic acids is 2. The molecule has 0 radical (unpaired) electrons. The summed E-state index contributed by atoms with van der Waals surface area (Å²) in [5.41, 5.74) is 1.64. The Bertz CT molecular complexity index is 1070. The molecule has 8 nitrogen and oxygen atoms in total. The fourth-order valence-electron chi connectivity index (χ4n) is 3.03. The molecule has 32 heavy (non-hydrogen) atoms. The van der Waals surface area contributed by atoms with Crippen molar-refractivity contribution in [3.8, 4) is 5.75 Å². The average Bonchev–Trinajstić information content (AvgIpc) is 2.70. The lowest BCUT2D eigenvalue weighted by molar-refractivity contribution is -0.116. The fourth-order valence-corrected chi connectivity index (χ4v) is 4.47. The van der Waals surface area contributed by atoms with E-state index in [4.69, 9.17) is 4.74 Å². The monoisotopic (exact) mass is 461 g/mol. The van der Waals surface area contributed by atoms with Crippen LogP contribution in [-0.4, -0.2) is 33.4 Å². The number of sulfonamides is 1. The zero-order valence-corrected chi connectivity index (χ0v) is 19.9. The third-order valence-corrected chi connectivity index (χ3v) is 6.04. The number of hydrogen-bond acceptors (Lipinski definition) is 5. The lowest BCUT2D eigenvalue weighted by Gasteiger charge is -2.14. The fraction of sp³-hybridized carbons (Fsp3) is 0.391. The summed E-state index contributed by atoms with van der Waals surface area (Å²) in [4.78, 5) is 24.5. The molecule has 0 saturated carbocycles. The van der Waals surface area contributed by atoms with Gasteiger partial charge in [-0.25, -0.2) is 13.1 Å². The van der Waals surface area contributed by atoms with Crippen LogP contribution in [0.25, 0.3) is 0 Å². The quantitative estimate of drug-likeness (QED) is 0.502. The molecule has 2 rings (SSSR count). The normalized spacial score (nSPS) is 11.5. The zero-order chi connectivity index (χ0) is 23.9. The topological polar surface area (TPSA) is 114 Å². The van der Waals surface area contributed by atoms with Crippen molar-refractivity contribution in [2.75, 3.05) is 12.4 Å². The largest absolute Gasteiger partial charge is 0.495 e. The average molecular weight is 462 g/mol. The van der Waals surface area contributed by atoms with Crippen LogP contribution in [0.1, 0.15) is 50.0 Å². The number of rotatable bonds is 10. The Morgan fingerprint density at radius 2 is 1.75 bits per heavy atom. The number of nitrogens with one attached hydrogen (secondary N) is 3. The number of amides is 2. The maximum Gasteiger partial charge on any atom is 0.251 e. The molecule has 0 spiro atoms. The number of methoxy groups -OCH3 is 1. The van der Waals surface area contributed by atoms with E-state index in [1.165, 1.54) is 25.3 Å². The predicted molar refractivity (Wildman–Crippen MR) is 124 cm³/mol. The molecule has 9 heteroatoms.